The summed E-state index contributed by atoms with van der Waals surface area (Å²) in [5.74, 6) is 0.533. The van der Waals surface area contributed by atoms with Crippen LogP contribution in [0.15, 0.2) is 60.2 Å². The Morgan fingerprint density at radius 2 is 1.88 bits per heavy atom. The Balaban J connectivity index is 1.78. The van der Waals surface area contributed by atoms with Crippen molar-refractivity contribution < 1.29 is 14.4 Å². The molecule has 2 aromatic rings. The number of aromatic hydroxyl groups is 1. The van der Waals surface area contributed by atoms with Crippen LogP contribution in [0.25, 0.3) is 6.08 Å². The number of phenols is 1. The van der Waals surface area contributed by atoms with Crippen molar-refractivity contribution in [2.24, 2.45) is 0 Å². The molecule has 26 heavy (non-hydrogen) atoms. The first-order chi connectivity index (χ1) is 12.4. The van der Waals surface area contributed by atoms with E-state index in [1.807, 2.05) is 30.3 Å². The summed E-state index contributed by atoms with van der Waals surface area (Å²) in [6.45, 7) is 1.03. The van der Waals surface area contributed by atoms with Gasteiger partial charge in [-0.3, -0.25) is 4.79 Å². The fourth-order valence-corrected chi connectivity index (χ4v) is 4.73. The first-order valence-electron chi connectivity index (χ1n) is 9.32. The largest absolute Gasteiger partial charge is 0.508 e. The second kappa shape index (κ2) is 6.10. The van der Waals surface area contributed by atoms with Gasteiger partial charge in [0.1, 0.15) is 11.8 Å². The monoisotopic (exact) mass is 348 g/mol. The molecule has 2 bridgehead atoms. The summed E-state index contributed by atoms with van der Waals surface area (Å²) in [5, 5.41) is 9.95. The Morgan fingerprint density at radius 1 is 1.12 bits per heavy atom. The van der Waals surface area contributed by atoms with Crippen molar-refractivity contribution in [2.45, 2.75) is 30.7 Å². The Labute approximate surface area is 155 Å². The lowest BCUT2D eigenvalue weighted by atomic mass is 9.61. The summed E-state index contributed by atoms with van der Waals surface area (Å²) in [6, 6.07) is 17.8. The number of hydrogen-bond acceptors (Lipinski definition) is 2. The Kier molecular flexibility index (Phi) is 4.00. The molecular formula is C23H26NO2+. The number of phenolic OH excluding ortho intramolecular Hbond substituents is 1. The second-order valence-electron chi connectivity index (χ2n) is 8.41. The molecule has 1 heterocycles. The molecule has 1 saturated heterocycles. The number of hydrogen-bond donors (Lipinski definition) is 1. The van der Waals surface area contributed by atoms with Crippen molar-refractivity contribution in [3.05, 3.63) is 71.3 Å². The smallest absolute Gasteiger partial charge is 0.165 e. The van der Waals surface area contributed by atoms with Crippen molar-refractivity contribution in [3.8, 4) is 5.75 Å². The minimum absolute atomic E-state index is 0.151. The maximum absolute atomic E-state index is 13.2. The van der Waals surface area contributed by atoms with Crippen LogP contribution >= 0.6 is 0 Å². The van der Waals surface area contributed by atoms with Crippen LogP contribution in [0.3, 0.4) is 0 Å². The number of fused-ring (bicyclic) bond motifs is 2. The van der Waals surface area contributed by atoms with Gasteiger partial charge < -0.3 is 9.59 Å². The van der Waals surface area contributed by atoms with Gasteiger partial charge in [-0.1, -0.05) is 42.5 Å². The van der Waals surface area contributed by atoms with Gasteiger partial charge in [0.25, 0.3) is 0 Å². The van der Waals surface area contributed by atoms with E-state index in [1.165, 1.54) is 0 Å². The normalized spacial score (nSPS) is 28.9. The van der Waals surface area contributed by atoms with Crippen LogP contribution in [0.5, 0.6) is 5.75 Å². The minimum Gasteiger partial charge on any atom is -0.508 e. The molecule has 3 heteroatoms. The molecule has 1 saturated carbocycles. The van der Waals surface area contributed by atoms with Crippen LogP contribution in [-0.2, 0) is 10.2 Å². The first-order valence-corrected chi connectivity index (χ1v) is 9.32. The van der Waals surface area contributed by atoms with Gasteiger partial charge in [0.15, 0.2) is 5.78 Å². The molecule has 1 N–H and O–H groups in total. The Hall–Kier alpha value is -2.39. The van der Waals surface area contributed by atoms with Crippen molar-refractivity contribution in [2.75, 3.05) is 20.6 Å². The highest BCUT2D eigenvalue weighted by Gasteiger charge is 2.53. The molecular weight excluding hydrogens is 322 g/mol. The van der Waals surface area contributed by atoms with Gasteiger partial charge in [-0.25, -0.2) is 0 Å². The number of Topliss-reactive ketones (excluding diaryl/α,β-unsaturated/α-hetero) is 1. The number of carbonyl (C=O) groups is 1. The Morgan fingerprint density at radius 3 is 2.62 bits per heavy atom. The molecule has 0 amide bonds. The van der Waals surface area contributed by atoms with E-state index >= 15 is 0 Å². The maximum Gasteiger partial charge on any atom is 0.165 e. The summed E-state index contributed by atoms with van der Waals surface area (Å²) < 4.78 is 0.838. The zero-order valence-electron chi connectivity index (χ0n) is 15.5. The van der Waals surface area contributed by atoms with Gasteiger partial charge >= 0.3 is 0 Å². The highest BCUT2D eigenvalue weighted by Crippen LogP contribution is 2.49. The van der Waals surface area contributed by atoms with E-state index in [4.69, 9.17) is 0 Å². The third-order valence-corrected chi connectivity index (χ3v) is 6.35. The van der Waals surface area contributed by atoms with Crippen molar-refractivity contribution in [1.82, 2.24) is 0 Å². The SMILES string of the molecule is C[N+]1(C)CC[C@@]2(c3cccc(O)c3)CC(=O)/C(=C\c3ccccc3)[C@@H]1C2. The van der Waals surface area contributed by atoms with E-state index in [1.54, 1.807) is 6.07 Å². The molecule has 134 valence electrons. The molecule has 0 unspecified atom stereocenters. The number of likely N-dealkylation sites (tertiary alicyclic amines) is 1. The molecule has 4 rings (SSSR count). The second-order valence-corrected chi connectivity index (χ2v) is 8.41. The van der Waals surface area contributed by atoms with E-state index in [0.29, 0.717) is 6.42 Å². The lowest BCUT2D eigenvalue weighted by molar-refractivity contribution is -0.916. The summed E-state index contributed by atoms with van der Waals surface area (Å²) in [7, 11) is 4.46. The third kappa shape index (κ3) is 2.86. The molecule has 1 aliphatic carbocycles. The van der Waals surface area contributed by atoms with Crippen LogP contribution < -0.4 is 0 Å². The van der Waals surface area contributed by atoms with Crippen LogP contribution in [0.2, 0.25) is 0 Å². The van der Waals surface area contributed by atoms with Crippen LogP contribution in [0, 0.1) is 0 Å². The topological polar surface area (TPSA) is 37.3 Å². The molecule has 2 atom stereocenters. The average Bonchev–Trinajstić information content (AvgIpc) is 2.62. The quantitative estimate of drug-likeness (QED) is 0.660. The number of carbonyl (C=O) groups excluding carboxylic acids is 1. The predicted molar refractivity (Wildman–Crippen MR) is 104 cm³/mol. The molecule has 0 radical (unpaired) electrons. The van der Waals surface area contributed by atoms with Crippen molar-refractivity contribution in [3.63, 3.8) is 0 Å². The van der Waals surface area contributed by atoms with Gasteiger partial charge in [-0.15, -0.1) is 0 Å². The number of piperidine rings is 1. The number of quaternary nitrogens is 1. The van der Waals surface area contributed by atoms with Gasteiger partial charge in [0, 0.05) is 24.7 Å². The number of likely N-dealkylation sites (N-methyl/N-ethyl adjacent to an activating group) is 1. The van der Waals surface area contributed by atoms with E-state index < -0.39 is 0 Å². The zero-order chi connectivity index (χ0) is 18.4. The first kappa shape index (κ1) is 17.0. The van der Waals surface area contributed by atoms with Gasteiger partial charge in [-0.05, 0) is 29.3 Å². The van der Waals surface area contributed by atoms with E-state index in [9.17, 15) is 9.90 Å². The molecule has 2 aromatic carbocycles. The number of benzene rings is 2. The van der Waals surface area contributed by atoms with Crippen molar-refractivity contribution >= 4 is 11.9 Å². The third-order valence-electron chi connectivity index (χ3n) is 6.35. The van der Waals surface area contributed by atoms with Gasteiger partial charge in [0.05, 0.1) is 26.2 Å². The number of rotatable bonds is 2. The summed E-state index contributed by atoms with van der Waals surface area (Å²) in [6.07, 6.45) is 4.55. The fourth-order valence-electron chi connectivity index (χ4n) is 4.73. The van der Waals surface area contributed by atoms with Crippen molar-refractivity contribution in [1.29, 1.82) is 0 Å². The number of nitrogens with zero attached hydrogens (tertiary/aromatic N) is 1. The maximum atomic E-state index is 13.2. The van der Waals surface area contributed by atoms with Gasteiger partial charge in [-0.2, -0.15) is 0 Å². The summed E-state index contributed by atoms with van der Waals surface area (Å²) in [4.78, 5) is 13.2. The molecule has 3 nitrogen and oxygen atoms in total. The lowest BCUT2D eigenvalue weighted by Crippen LogP contribution is -2.62. The number of ketones is 1. The fraction of sp³-hybridized carbons (Fsp3) is 0.348. The lowest BCUT2D eigenvalue weighted by Gasteiger charge is -2.53. The standard InChI is InChI=1S/C23H25NO2/c1-24(2)12-11-23(18-9-6-10-19(25)14-18)15-21(24)20(22(26)16-23)13-17-7-4-3-5-8-17/h3-10,13-14,21H,11-12,15-16H2,1-2H3/p+1/b20-13-/t21-,23-/m0/s1. The van der Waals surface area contributed by atoms with E-state index in [-0.39, 0.29) is 23.0 Å². The molecule has 2 fully saturated rings. The minimum atomic E-state index is -0.151. The van der Waals surface area contributed by atoms with E-state index in [2.05, 4.69) is 38.4 Å². The highest BCUT2D eigenvalue weighted by atomic mass is 16.3. The van der Waals surface area contributed by atoms with Crippen LogP contribution in [-0.4, -0.2) is 42.1 Å². The zero-order valence-corrected chi connectivity index (χ0v) is 15.5. The van der Waals surface area contributed by atoms with Crippen LogP contribution in [0.1, 0.15) is 30.4 Å². The molecule has 1 aliphatic heterocycles. The predicted octanol–water partition coefficient (Wildman–Crippen LogP) is 3.93. The van der Waals surface area contributed by atoms with E-state index in [0.717, 1.165) is 40.6 Å². The molecule has 0 spiro atoms. The van der Waals surface area contributed by atoms with Gasteiger partial charge in [0.2, 0.25) is 0 Å². The summed E-state index contributed by atoms with van der Waals surface area (Å²) >= 11 is 0. The Bertz CT molecular complexity index is 869. The molecule has 2 aliphatic rings. The molecule has 0 aromatic heterocycles. The summed E-state index contributed by atoms with van der Waals surface area (Å²) in [5.41, 5.74) is 3.00. The highest BCUT2D eigenvalue weighted by molar-refractivity contribution is 6.02. The van der Waals surface area contributed by atoms with Crippen LogP contribution in [0.4, 0.5) is 0 Å². The average molecular weight is 348 g/mol.